The van der Waals surface area contributed by atoms with Gasteiger partial charge in [-0.15, -0.1) is 0 Å². The summed E-state index contributed by atoms with van der Waals surface area (Å²) in [4.78, 5) is 41.6. The van der Waals surface area contributed by atoms with Crippen LogP contribution < -0.4 is 0 Å². The number of ether oxygens (including phenoxy) is 1. The molecule has 1 saturated carbocycles. The van der Waals surface area contributed by atoms with Gasteiger partial charge in [-0.3, -0.25) is 19.2 Å². The Labute approximate surface area is 101 Å². The Hall–Kier alpha value is -1.52. The van der Waals surface area contributed by atoms with Crippen molar-refractivity contribution in [3.63, 3.8) is 0 Å². The van der Waals surface area contributed by atoms with Crippen LogP contribution in [0.5, 0.6) is 0 Å². The Kier molecular flexibility index (Phi) is 5.71. The van der Waals surface area contributed by atoms with E-state index >= 15 is 0 Å². The Bertz CT molecular complexity index is 311. The zero-order chi connectivity index (χ0) is 12.3. The lowest BCUT2D eigenvalue weighted by Crippen LogP contribution is -2.01. The average Bonchev–Trinajstić information content (AvgIpc) is 2.58. The molecule has 1 saturated heterocycles. The van der Waals surface area contributed by atoms with E-state index in [1.807, 2.05) is 0 Å². The van der Waals surface area contributed by atoms with Gasteiger partial charge in [0.1, 0.15) is 11.6 Å². The lowest BCUT2D eigenvalue weighted by molar-refractivity contribution is -0.153. The summed E-state index contributed by atoms with van der Waals surface area (Å²) >= 11 is 0. The first-order chi connectivity index (χ1) is 7.40. The van der Waals surface area contributed by atoms with E-state index in [4.69, 9.17) is 0 Å². The minimum absolute atomic E-state index is 0. The predicted octanol–water partition coefficient (Wildman–Crippen LogP) is 1.29. The number of cyclic esters (lactones) is 2. The van der Waals surface area contributed by atoms with Gasteiger partial charge in [0, 0.05) is 12.3 Å². The SMILES string of the molecule is C.CC1CC(=O)CC1=O.CC1CC(=O)OC1=O. The molecule has 0 N–H and O–H groups in total. The van der Waals surface area contributed by atoms with Gasteiger partial charge < -0.3 is 4.74 Å². The molecule has 1 aliphatic carbocycles. The molecule has 0 spiro atoms. The number of ketones is 2. The summed E-state index contributed by atoms with van der Waals surface area (Å²) in [6, 6.07) is 0. The molecule has 0 bridgehead atoms. The highest BCUT2D eigenvalue weighted by atomic mass is 16.6. The molecule has 5 nitrogen and oxygen atoms in total. The van der Waals surface area contributed by atoms with Crippen molar-refractivity contribution >= 4 is 23.5 Å². The Morgan fingerprint density at radius 3 is 1.71 bits per heavy atom. The number of hydrogen-bond donors (Lipinski definition) is 0. The standard InChI is InChI=1S/C6H8O2.C5H6O3.CH4/c1-4-2-5(7)3-6(4)8;1-3-2-4(6)8-5(3)7;/h4H,2-3H2,1H3;3H,2H2,1H3;1H4. The molecule has 0 aromatic heterocycles. The number of esters is 2. The van der Waals surface area contributed by atoms with E-state index in [1.165, 1.54) is 0 Å². The van der Waals surface area contributed by atoms with Gasteiger partial charge in [-0.25, -0.2) is 0 Å². The molecule has 2 atom stereocenters. The zero-order valence-electron chi connectivity index (χ0n) is 9.32. The van der Waals surface area contributed by atoms with E-state index in [9.17, 15) is 19.2 Å². The first-order valence-corrected chi connectivity index (χ1v) is 5.19. The molecule has 0 amide bonds. The molecular weight excluding hydrogens is 224 g/mol. The number of rotatable bonds is 0. The van der Waals surface area contributed by atoms with Gasteiger partial charge in [0.05, 0.1) is 18.8 Å². The normalized spacial score (nSPS) is 27.2. The summed E-state index contributed by atoms with van der Waals surface area (Å²) in [6.07, 6.45) is 0.902. The van der Waals surface area contributed by atoms with Crippen LogP contribution in [0.25, 0.3) is 0 Å². The predicted molar refractivity (Wildman–Crippen MR) is 60.0 cm³/mol. The summed E-state index contributed by atoms with van der Waals surface area (Å²) < 4.78 is 4.20. The summed E-state index contributed by atoms with van der Waals surface area (Å²) in [5.74, 6) is -0.806. The van der Waals surface area contributed by atoms with Gasteiger partial charge in [0.25, 0.3) is 0 Å². The van der Waals surface area contributed by atoms with Gasteiger partial charge in [0.2, 0.25) is 0 Å². The van der Waals surface area contributed by atoms with Crippen LogP contribution in [-0.4, -0.2) is 23.5 Å². The fourth-order valence-electron chi connectivity index (χ4n) is 1.48. The molecule has 2 aliphatic rings. The van der Waals surface area contributed by atoms with Crippen LogP contribution in [0.15, 0.2) is 0 Å². The maximum atomic E-state index is 10.6. The third-order valence-corrected chi connectivity index (χ3v) is 2.54. The monoisotopic (exact) mass is 242 g/mol. The quantitative estimate of drug-likeness (QED) is 0.472. The van der Waals surface area contributed by atoms with Crippen molar-refractivity contribution in [2.45, 2.75) is 40.5 Å². The van der Waals surface area contributed by atoms with E-state index < -0.39 is 11.9 Å². The molecule has 2 rings (SSSR count). The maximum Gasteiger partial charge on any atom is 0.316 e. The summed E-state index contributed by atoms with van der Waals surface area (Å²) in [6.45, 7) is 3.47. The van der Waals surface area contributed by atoms with Crippen molar-refractivity contribution < 1.29 is 23.9 Å². The lowest BCUT2D eigenvalue weighted by atomic mass is 10.1. The van der Waals surface area contributed by atoms with Crippen LogP contribution in [0.1, 0.15) is 40.5 Å². The first kappa shape index (κ1) is 15.5. The molecular formula is C12H18O5. The van der Waals surface area contributed by atoms with Crippen LogP contribution in [-0.2, 0) is 23.9 Å². The van der Waals surface area contributed by atoms with Crippen LogP contribution in [0, 0.1) is 11.8 Å². The molecule has 96 valence electrons. The molecule has 5 heteroatoms. The van der Waals surface area contributed by atoms with Crippen molar-refractivity contribution in [3.8, 4) is 0 Å². The Morgan fingerprint density at radius 2 is 1.59 bits per heavy atom. The van der Waals surface area contributed by atoms with Crippen molar-refractivity contribution in [1.29, 1.82) is 0 Å². The molecule has 2 fully saturated rings. The third kappa shape index (κ3) is 4.46. The third-order valence-electron chi connectivity index (χ3n) is 2.54. The molecule has 0 aromatic carbocycles. The molecule has 1 heterocycles. The fraction of sp³-hybridized carbons (Fsp3) is 0.667. The fourth-order valence-corrected chi connectivity index (χ4v) is 1.48. The topological polar surface area (TPSA) is 77.5 Å². The highest BCUT2D eigenvalue weighted by Crippen LogP contribution is 2.16. The van der Waals surface area contributed by atoms with E-state index in [0.29, 0.717) is 6.42 Å². The van der Waals surface area contributed by atoms with E-state index in [1.54, 1.807) is 13.8 Å². The second-order valence-electron chi connectivity index (χ2n) is 4.19. The molecule has 1 aliphatic heterocycles. The Balaban J connectivity index is 0.000000284. The number of Topliss-reactive ketones (excluding diaryl/α,β-unsaturated/α-hetero) is 2. The second kappa shape index (κ2) is 6.27. The van der Waals surface area contributed by atoms with Crippen molar-refractivity contribution in [1.82, 2.24) is 0 Å². The van der Waals surface area contributed by atoms with Gasteiger partial charge in [-0.2, -0.15) is 0 Å². The highest BCUT2D eigenvalue weighted by molar-refractivity contribution is 6.06. The van der Waals surface area contributed by atoms with Gasteiger partial charge in [0.15, 0.2) is 0 Å². The largest absolute Gasteiger partial charge is 0.393 e. The molecule has 0 aromatic rings. The zero-order valence-corrected chi connectivity index (χ0v) is 9.32. The lowest BCUT2D eigenvalue weighted by Gasteiger charge is -1.89. The van der Waals surface area contributed by atoms with Crippen molar-refractivity contribution in [2.75, 3.05) is 0 Å². The van der Waals surface area contributed by atoms with Crippen LogP contribution in [0.4, 0.5) is 0 Å². The van der Waals surface area contributed by atoms with Crippen LogP contribution in [0.3, 0.4) is 0 Å². The average molecular weight is 242 g/mol. The van der Waals surface area contributed by atoms with Gasteiger partial charge >= 0.3 is 11.9 Å². The minimum atomic E-state index is -0.400. The highest BCUT2D eigenvalue weighted by Gasteiger charge is 2.28. The number of hydrogen-bond acceptors (Lipinski definition) is 5. The smallest absolute Gasteiger partial charge is 0.316 e. The number of carbonyl (C=O) groups is 4. The summed E-state index contributed by atoms with van der Waals surface area (Å²) in [5, 5.41) is 0. The minimum Gasteiger partial charge on any atom is -0.393 e. The van der Waals surface area contributed by atoms with Crippen LogP contribution >= 0.6 is 0 Å². The van der Waals surface area contributed by atoms with E-state index in [-0.39, 0.29) is 43.7 Å². The number of carbonyl (C=O) groups excluding carboxylic acids is 4. The summed E-state index contributed by atoms with van der Waals surface area (Å²) in [5.41, 5.74) is 0. The van der Waals surface area contributed by atoms with Crippen LogP contribution in [0.2, 0.25) is 0 Å². The van der Waals surface area contributed by atoms with E-state index in [0.717, 1.165) is 0 Å². The first-order valence-electron chi connectivity index (χ1n) is 5.19. The van der Waals surface area contributed by atoms with Crippen molar-refractivity contribution in [2.24, 2.45) is 11.8 Å². The Morgan fingerprint density at radius 1 is 1.00 bits per heavy atom. The summed E-state index contributed by atoms with van der Waals surface area (Å²) in [7, 11) is 0. The van der Waals surface area contributed by atoms with Crippen molar-refractivity contribution in [3.05, 3.63) is 0 Å². The molecule has 0 radical (unpaired) electrons. The van der Waals surface area contributed by atoms with Gasteiger partial charge in [-0.05, 0) is 0 Å². The van der Waals surface area contributed by atoms with E-state index in [2.05, 4.69) is 4.74 Å². The molecule has 2 unspecified atom stereocenters. The maximum absolute atomic E-state index is 10.6. The second-order valence-corrected chi connectivity index (χ2v) is 4.19. The van der Waals surface area contributed by atoms with Gasteiger partial charge in [-0.1, -0.05) is 21.3 Å². The molecule has 17 heavy (non-hydrogen) atoms.